The molecule has 0 radical (unpaired) electrons. The second-order valence-corrected chi connectivity index (χ2v) is 12.8. The highest BCUT2D eigenvalue weighted by Crippen LogP contribution is 2.53. The van der Waals surface area contributed by atoms with Crippen molar-refractivity contribution >= 4 is 55.0 Å². The number of allylic oxidation sites excluding steroid dienone is 5. The smallest absolute Gasteiger partial charge is 0.151 e. The zero-order valence-electron chi connectivity index (χ0n) is 26.3. The first-order chi connectivity index (χ1) is 23.8. The third kappa shape index (κ3) is 4.13. The summed E-state index contributed by atoms with van der Waals surface area (Å²) in [4.78, 5) is 2.42. The Balaban J connectivity index is 1.23. The standard InChI is InChI=1S/C46H31NO/c1-2-11-30(12-3-1)31-21-25-34(26-22-31)47(43-20-10-19-40-41-28-24-33-14-5-7-16-36(33)45(41)48-46(40)43)44-29-42-35-15-6-4-13-32(35)23-27-38(42)37-17-8-9-18-39(37)44/h1-29,36,45H. The van der Waals surface area contributed by atoms with E-state index in [0.717, 1.165) is 28.4 Å². The van der Waals surface area contributed by atoms with E-state index in [-0.39, 0.29) is 12.0 Å². The van der Waals surface area contributed by atoms with Gasteiger partial charge < -0.3 is 9.64 Å². The quantitative estimate of drug-likeness (QED) is 0.183. The SMILES string of the molecule is C1=CC2=CC=C3c4cccc(N(c5ccc(-c6ccccc6)cc5)c5cc6c7ccccc7ccc6c6ccccc56)c4OC3C2C=C1. The molecule has 2 nitrogen and oxygen atoms in total. The molecule has 48 heavy (non-hydrogen) atoms. The van der Waals surface area contributed by atoms with E-state index >= 15 is 0 Å². The first kappa shape index (κ1) is 27.0. The molecule has 1 aliphatic heterocycles. The summed E-state index contributed by atoms with van der Waals surface area (Å²) >= 11 is 0. The predicted octanol–water partition coefficient (Wildman–Crippen LogP) is 12.1. The van der Waals surface area contributed by atoms with Gasteiger partial charge in [-0.2, -0.15) is 0 Å². The Morgan fingerprint density at radius 2 is 1.27 bits per heavy atom. The van der Waals surface area contributed by atoms with Gasteiger partial charge in [0.1, 0.15) is 6.10 Å². The fourth-order valence-electron chi connectivity index (χ4n) is 7.92. The van der Waals surface area contributed by atoms with Crippen LogP contribution >= 0.6 is 0 Å². The highest BCUT2D eigenvalue weighted by atomic mass is 16.5. The third-order valence-electron chi connectivity index (χ3n) is 10.2. The number of ether oxygens (including phenoxy) is 1. The Morgan fingerprint density at radius 1 is 0.521 bits per heavy atom. The van der Waals surface area contributed by atoms with Crippen molar-refractivity contribution in [1.29, 1.82) is 0 Å². The summed E-state index contributed by atoms with van der Waals surface area (Å²) in [7, 11) is 0. The van der Waals surface area contributed by atoms with Crippen LogP contribution < -0.4 is 9.64 Å². The van der Waals surface area contributed by atoms with Gasteiger partial charge in [-0.1, -0.05) is 152 Å². The van der Waals surface area contributed by atoms with E-state index in [9.17, 15) is 0 Å². The maximum absolute atomic E-state index is 7.06. The fraction of sp³-hybridized carbons (Fsp3) is 0.0435. The summed E-state index contributed by atoms with van der Waals surface area (Å²) in [6.45, 7) is 0. The number of para-hydroxylation sites is 1. The lowest BCUT2D eigenvalue weighted by Gasteiger charge is -2.30. The maximum atomic E-state index is 7.06. The number of rotatable bonds is 4. The Kier molecular flexibility index (Phi) is 6.04. The second-order valence-electron chi connectivity index (χ2n) is 12.8. The summed E-state index contributed by atoms with van der Waals surface area (Å²) in [6, 6.07) is 50.6. The zero-order chi connectivity index (χ0) is 31.6. The molecule has 2 heteroatoms. The molecule has 0 amide bonds. The van der Waals surface area contributed by atoms with Crippen LogP contribution in [0.25, 0.3) is 49.0 Å². The van der Waals surface area contributed by atoms with Crippen LogP contribution in [0.1, 0.15) is 5.56 Å². The number of fused-ring (bicyclic) bond motifs is 10. The van der Waals surface area contributed by atoms with E-state index in [1.165, 1.54) is 54.6 Å². The topological polar surface area (TPSA) is 12.5 Å². The average Bonchev–Trinajstić information content (AvgIpc) is 3.56. The van der Waals surface area contributed by atoms with Crippen molar-refractivity contribution in [2.45, 2.75) is 6.10 Å². The van der Waals surface area contributed by atoms with Gasteiger partial charge >= 0.3 is 0 Å². The molecule has 7 aromatic carbocycles. The van der Waals surface area contributed by atoms with Crippen LogP contribution in [0.3, 0.4) is 0 Å². The summed E-state index contributed by atoms with van der Waals surface area (Å²) in [6.07, 6.45) is 13.2. The minimum atomic E-state index is -0.0538. The highest BCUT2D eigenvalue weighted by molar-refractivity contribution is 6.21. The molecule has 7 aromatic rings. The van der Waals surface area contributed by atoms with E-state index in [1.807, 2.05) is 0 Å². The van der Waals surface area contributed by atoms with Crippen LogP contribution in [0.4, 0.5) is 17.1 Å². The lowest BCUT2D eigenvalue weighted by molar-refractivity contribution is 0.244. The Hall–Kier alpha value is -6.12. The van der Waals surface area contributed by atoms with E-state index in [4.69, 9.17) is 4.74 Å². The molecule has 1 heterocycles. The van der Waals surface area contributed by atoms with Crippen LogP contribution in [-0.2, 0) is 0 Å². The predicted molar refractivity (Wildman–Crippen MR) is 201 cm³/mol. The van der Waals surface area contributed by atoms with Crippen molar-refractivity contribution in [2.75, 3.05) is 4.90 Å². The third-order valence-corrected chi connectivity index (χ3v) is 10.2. The molecule has 3 aliphatic rings. The normalized spacial score (nSPS) is 17.4. The zero-order valence-corrected chi connectivity index (χ0v) is 26.3. The second kappa shape index (κ2) is 10.7. The van der Waals surface area contributed by atoms with Crippen LogP contribution in [0, 0.1) is 5.92 Å². The number of hydrogen-bond donors (Lipinski definition) is 0. The molecular weight excluding hydrogens is 583 g/mol. The van der Waals surface area contributed by atoms with Gasteiger partial charge in [-0.3, -0.25) is 0 Å². The van der Waals surface area contributed by atoms with Crippen LogP contribution in [0.5, 0.6) is 5.75 Å². The minimum absolute atomic E-state index is 0.0538. The Labute approximate surface area is 279 Å². The minimum Gasteiger partial charge on any atom is -0.482 e. The van der Waals surface area contributed by atoms with E-state index in [1.54, 1.807) is 0 Å². The Morgan fingerprint density at radius 3 is 2.15 bits per heavy atom. The van der Waals surface area contributed by atoms with Crippen LogP contribution in [-0.4, -0.2) is 6.10 Å². The van der Waals surface area contributed by atoms with Crippen molar-refractivity contribution in [1.82, 2.24) is 0 Å². The molecule has 10 rings (SSSR count). The summed E-state index contributed by atoms with van der Waals surface area (Å²) in [5.41, 5.74) is 9.34. The molecule has 2 atom stereocenters. The number of benzene rings is 7. The van der Waals surface area contributed by atoms with E-state index < -0.39 is 0 Å². The molecule has 0 N–H and O–H groups in total. The monoisotopic (exact) mass is 613 g/mol. The van der Waals surface area contributed by atoms with Crippen molar-refractivity contribution in [2.24, 2.45) is 5.92 Å². The molecule has 2 aliphatic carbocycles. The summed E-state index contributed by atoms with van der Waals surface area (Å²) in [5, 5.41) is 7.42. The maximum Gasteiger partial charge on any atom is 0.151 e. The van der Waals surface area contributed by atoms with Crippen molar-refractivity contribution in [3.05, 3.63) is 187 Å². The molecule has 0 aromatic heterocycles. The van der Waals surface area contributed by atoms with Gasteiger partial charge in [0.25, 0.3) is 0 Å². The molecule has 2 unspecified atom stereocenters. The van der Waals surface area contributed by atoms with Crippen LogP contribution in [0.2, 0.25) is 0 Å². The van der Waals surface area contributed by atoms with Crippen molar-refractivity contribution in [3.8, 4) is 16.9 Å². The van der Waals surface area contributed by atoms with E-state index in [0.29, 0.717) is 0 Å². The average molecular weight is 614 g/mol. The molecule has 0 fully saturated rings. The molecule has 0 bridgehead atoms. The van der Waals surface area contributed by atoms with Crippen molar-refractivity contribution < 1.29 is 4.74 Å². The fourth-order valence-corrected chi connectivity index (χ4v) is 7.92. The van der Waals surface area contributed by atoms with Gasteiger partial charge in [-0.25, -0.2) is 0 Å². The molecule has 0 saturated carbocycles. The largest absolute Gasteiger partial charge is 0.482 e. The molecule has 0 spiro atoms. The first-order valence-corrected chi connectivity index (χ1v) is 16.7. The van der Waals surface area contributed by atoms with Gasteiger partial charge in [-0.05, 0) is 67.9 Å². The molecule has 0 saturated heterocycles. The van der Waals surface area contributed by atoms with Gasteiger partial charge in [0, 0.05) is 28.1 Å². The number of anilines is 3. The summed E-state index contributed by atoms with van der Waals surface area (Å²) in [5.74, 6) is 1.13. The first-order valence-electron chi connectivity index (χ1n) is 16.7. The van der Waals surface area contributed by atoms with Gasteiger partial charge in [-0.15, -0.1) is 0 Å². The van der Waals surface area contributed by atoms with Gasteiger partial charge in [0.05, 0.1) is 11.4 Å². The Bertz CT molecular complexity index is 2530. The van der Waals surface area contributed by atoms with Crippen molar-refractivity contribution in [3.63, 3.8) is 0 Å². The van der Waals surface area contributed by atoms with E-state index in [2.05, 4.69) is 181 Å². The van der Waals surface area contributed by atoms with Crippen LogP contribution in [0.15, 0.2) is 182 Å². The van der Waals surface area contributed by atoms with Gasteiger partial charge in [0.15, 0.2) is 5.75 Å². The number of nitrogens with zero attached hydrogens (tertiary/aromatic N) is 1. The lowest BCUT2D eigenvalue weighted by atomic mass is 9.81. The lowest BCUT2D eigenvalue weighted by Crippen LogP contribution is -2.27. The highest BCUT2D eigenvalue weighted by Gasteiger charge is 2.39. The molecule has 226 valence electrons. The number of hydrogen-bond acceptors (Lipinski definition) is 2. The summed E-state index contributed by atoms with van der Waals surface area (Å²) < 4.78 is 7.06. The molecular formula is C46H31NO. The van der Waals surface area contributed by atoms with Gasteiger partial charge in [0.2, 0.25) is 0 Å².